The average Bonchev–Trinajstić information content (AvgIpc) is 2.14. The number of allylic oxidation sites excluding steroid dienone is 1. The van der Waals surface area contributed by atoms with Crippen molar-refractivity contribution in [2.75, 3.05) is 0 Å². The van der Waals surface area contributed by atoms with Crippen molar-refractivity contribution in [1.29, 1.82) is 0 Å². The Labute approximate surface area is 53.9 Å². The summed E-state index contributed by atoms with van der Waals surface area (Å²) in [5.41, 5.74) is 1.28. The fourth-order valence-corrected chi connectivity index (χ4v) is 1.25. The minimum Gasteiger partial charge on any atom is -0.353 e. The van der Waals surface area contributed by atoms with E-state index in [-0.39, 0.29) is 0 Å². The number of thioether (sulfide) groups is 1. The van der Waals surface area contributed by atoms with Gasteiger partial charge in [-0.1, -0.05) is 25.3 Å². The van der Waals surface area contributed by atoms with Crippen molar-refractivity contribution in [3.8, 4) is 0 Å². The molecule has 0 aromatic heterocycles. The molecule has 8 heavy (non-hydrogen) atoms. The summed E-state index contributed by atoms with van der Waals surface area (Å²) >= 11 is 1.66. The molecule has 0 fully saturated rings. The zero-order valence-electron chi connectivity index (χ0n) is 4.90. The quantitative estimate of drug-likeness (QED) is 0.578. The van der Waals surface area contributed by atoms with Gasteiger partial charge in [0.15, 0.2) is 0 Å². The molecule has 1 nitrogen and oxygen atoms in total. The summed E-state index contributed by atoms with van der Waals surface area (Å²) in [7, 11) is 0. The molecule has 0 atom stereocenters. The summed E-state index contributed by atoms with van der Waals surface area (Å²) in [6.45, 7) is 5.88. The maximum atomic E-state index is 3.75. The van der Waals surface area contributed by atoms with Gasteiger partial charge in [0.05, 0.1) is 5.03 Å². The first-order valence-corrected chi connectivity index (χ1v) is 3.52. The van der Waals surface area contributed by atoms with Gasteiger partial charge in [-0.05, 0) is 11.8 Å². The van der Waals surface area contributed by atoms with Gasteiger partial charge in [0.1, 0.15) is 0 Å². The van der Waals surface area contributed by atoms with Crippen molar-refractivity contribution in [3.05, 3.63) is 22.7 Å². The van der Waals surface area contributed by atoms with E-state index >= 15 is 0 Å². The Morgan fingerprint density at radius 2 is 2.62 bits per heavy atom. The fourth-order valence-electron chi connectivity index (χ4n) is 0.552. The first-order valence-electron chi connectivity index (χ1n) is 2.64. The largest absolute Gasteiger partial charge is 0.353 e. The minimum atomic E-state index is 1.04. The molecule has 2 heteroatoms. The highest BCUT2D eigenvalue weighted by Gasteiger charge is 2.02. The number of nitrogens with one attached hydrogen (secondary N) is 1. The summed E-state index contributed by atoms with van der Waals surface area (Å²) in [5.74, 6) is 0. The molecule has 1 N–H and O–H groups in total. The van der Waals surface area contributed by atoms with E-state index in [0.29, 0.717) is 0 Å². The molecule has 1 heterocycles. The molecule has 0 spiro atoms. The summed E-state index contributed by atoms with van der Waals surface area (Å²) in [5, 5.41) is 6.28. The van der Waals surface area contributed by atoms with E-state index in [4.69, 9.17) is 0 Å². The van der Waals surface area contributed by atoms with Gasteiger partial charge in [-0.2, -0.15) is 0 Å². The van der Waals surface area contributed by atoms with Crippen LogP contribution in [-0.2, 0) is 0 Å². The van der Waals surface area contributed by atoms with Gasteiger partial charge in [-0.15, -0.1) is 0 Å². The van der Waals surface area contributed by atoms with Gasteiger partial charge in [-0.25, -0.2) is 0 Å². The molecule has 0 amide bonds. The maximum absolute atomic E-state index is 3.75. The van der Waals surface area contributed by atoms with Crippen LogP contribution in [0.5, 0.6) is 0 Å². The average molecular weight is 127 g/mol. The second-order valence-electron chi connectivity index (χ2n) is 1.66. The fraction of sp³-hybridized carbons (Fsp3) is 0.333. The first-order chi connectivity index (χ1) is 3.83. The third-order valence-corrected chi connectivity index (χ3v) is 1.81. The van der Waals surface area contributed by atoms with E-state index < -0.39 is 0 Å². The molecule has 0 saturated heterocycles. The molecule has 1 aliphatic rings. The Morgan fingerprint density at radius 3 is 2.88 bits per heavy atom. The third-order valence-electron chi connectivity index (χ3n) is 1.02. The van der Waals surface area contributed by atoms with E-state index in [9.17, 15) is 0 Å². The molecule has 0 saturated carbocycles. The lowest BCUT2D eigenvalue weighted by Gasteiger charge is -1.96. The van der Waals surface area contributed by atoms with E-state index in [2.05, 4.69) is 24.2 Å². The Balaban J connectivity index is 2.49. The van der Waals surface area contributed by atoms with Crippen LogP contribution in [0.3, 0.4) is 0 Å². The summed E-state index contributed by atoms with van der Waals surface area (Å²) in [6.07, 6.45) is 1.08. The smallest absolute Gasteiger partial charge is 0.0693 e. The van der Waals surface area contributed by atoms with Gasteiger partial charge in [0.25, 0.3) is 0 Å². The highest BCUT2D eigenvalue weighted by Crippen LogP contribution is 2.23. The van der Waals surface area contributed by atoms with E-state index in [0.717, 1.165) is 11.4 Å². The van der Waals surface area contributed by atoms with Crippen LogP contribution >= 0.6 is 11.8 Å². The van der Waals surface area contributed by atoms with Gasteiger partial charge in [0.2, 0.25) is 0 Å². The van der Waals surface area contributed by atoms with Gasteiger partial charge >= 0.3 is 0 Å². The van der Waals surface area contributed by atoms with Crippen LogP contribution in [0.1, 0.15) is 13.3 Å². The zero-order chi connectivity index (χ0) is 5.98. The van der Waals surface area contributed by atoms with Crippen LogP contribution in [0, 0.1) is 0 Å². The van der Waals surface area contributed by atoms with Crippen molar-refractivity contribution in [2.45, 2.75) is 13.3 Å². The SMILES string of the molecule is C=C1NC(CC)=CS1. The Kier molecular flexibility index (Phi) is 1.63. The number of hydrogen-bond donors (Lipinski definition) is 1. The Morgan fingerprint density at radius 1 is 1.88 bits per heavy atom. The van der Waals surface area contributed by atoms with E-state index in [1.807, 2.05) is 0 Å². The molecule has 0 aliphatic carbocycles. The molecule has 0 aromatic carbocycles. The maximum Gasteiger partial charge on any atom is 0.0693 e. The third kappa shape index (κ3) is 1.07. The lowest BCUT2D eigenvalue weighted by Crippen LogP contribution is -2.01. The first kappa shape index (κ1) is 5.76. The molecule has 1 aliphatic heterocycles. The Hall–Kier alpha value is -0.370. The van der Waals surface area contributed by atoms with Crippen molar-refractivity contribution in [1.82, 2.24) is 5.32 Å². The predicted octanol–water partition coefficient (Wildman–Crippen LogP) is 2.05. The van der Waals surface area contributed by atoms with E-state index in [1.54, 1.807) is 11.8 Å². The molecule has 0 bridgehead atoms. The molecular formula is C6H9NS. The summed E-state index contributed by atoms with van der Waals surface area (Å²) < 4.78 is 0. The Bertz CT molecular complexity index is 137. The van der Waals surface area contributed by atoms with Crippen LogP contribution in [0.25, 0.3) is 0 Å². The van der Waals surface area contributed by atoms with E-state index in [1.165, 1.54) is 5.70 Å². The molecule has 0 radical (unpaired) electrons. The molecule has 0 aromatic rings. The van der Waals surface area contributed by atoms with Crippen molar-refractivity contribution >= 4 is 11.8 Å². The zero-order valence-corrected chi connectivity index (χ0v) is 5.72. The monoisotopic (exact) mass is 127 g/mol. The minimum absolute atomic E-state index is 1.04. The van der Waals surface area contributed by atoms with Gasteiger partial charge in [0, 0.05) is 5.70 Å². The van der Waals surface area contributed by atoms with Crippen LogP contribution in [-0.4, -0.2) is 0 Å². The second kappa shape index (κ2) is 2.27. The van der Waals surface area contributed by atoms with Crippen LogP contribution in [0.2, 0.25) is 0 Å². The highest BCUT2D eigenvalue weighted by molar-refractivity contribution is 8.06. The van der Waals surface area contributed by atoms with Gasteiger partial charge < -0.3 is 5.32 Å². The normalized spacial score (nSPS) is 18.1. The topological polar surface area (TPSA) is 12.0 Å². The predicted molar refractivity (Wildman–Crippen MR) is 38.2 cm³/mol. The van der Waals surface area contributed by atoms with Crippen molar-refractivity contribution in [3.63, 3.8) is 0 Å². The number of rotatable bonds is 1. The highest BCUT2D eigenvalue weighted by atomic mass is 32.2. The van der Waals surface area contributed by atoms with Crippen LogP contribution < -0.4 is 5.32 Å². The molecule has 44 valence electrons. The molecule has 0 unspecified atom stereocenters. The standard InChI is InChI=1S/C6H9NS/c1-3-6-4-8-5(2)7-6/h4,7H,2-3H2,1H3. The van der Waals surface area contributed by atoms with Crippen LogP contribution in [0.15, 0.2) is 22.7 Å². The molecular weight excluding hydrogens is 118 g/mol. The lowest BCUT2D eigenvalue weighted by atomic mass is 10.4. The summed E-state index contributed by atoms with van der Waals surface area (Å²) in [6, 6.07) is 0. The van der Waals surface area contributed by atoms with Crippen molar-refractivity contribution in [2.24, 2.45) is 0 Å². The molecule has 1 rings (SSSR count). The van der Waals surface area contributed by atoms with Crippen LogP contribution in [0.4, 0.5) is 0 Å². The number of hydrogen-bond acceptors (Lipinski definition) is 2. The van der Waals surface area contributed by atoms with Crippen molar-refractivity contribution < 1.29 is 0 Å². The lowest BCUT2D eigenvalue weighted by molar-refractivity contribution is 0.952. The summed E-state index contributed by atoms with van der Waals surface area (Å²) in [4.78, 5) is 0. The second-order valence-corrected chi connectivity index (χ2v) is 2.63. The van der Waals surface area contributed by atoms with Gasteiger partial charge in [-0.3, -0.25) is 0 Å².